The van der Waals surface area contributed by atoms with Crippen LogP contribution in [0.3, 0.4) is 0 Å². The van der Waals surface area contributed by atoms with Crippen LogP contribution < -0.4 is 5.32 Å². The molecule has 1 aromatic rings. The maximum Gasteiger partial charge on any atom is 0.194 e. The molecule has 1 saturated heterocycles. The second-order valence-electron chi connectivity index (χ2n) is 5.57. The zero-order chi connectivity index (χ0) is 14.6. The van der Waals surface area contributed by atoms with Gasteiger partial charge in [-0.15, -0.1) is 24.0 Å². The highest BCUT2D eigenvalue weighted by Crippen LogP contribution is 2.29. The van der Waals surface area contributed by atoms with Gasteiger partial charge in [-0.2, -0.15) is 11.8 Å². The van der Waals surface area contributed by atoms with Crippen molar-refractivity contribution in [3.05, 3.63) is 17.5 Å². The molecule has 1 fully saturated rings. The molecule has 21 heavy (non-hydrogen) atoms. The van der Waals surface area contributed by atoms with E-state index in [0.717, 1.165) is 42.7 Å². The molecule has 120 valence electrons. The molecule has 0 aromatic carbocycles. The van der Waals surface area contributed by atoms with Crippen LogP contribution in [0.1, 0.15) is 32.2 Å². The molecule has 0 saturated carbocycles. The fraction of sp³-hybridized carbons (Fsp3) is 0.714. The molecule has 1 aliphatic rings. The summed E-state index contributed by atoms with van der Waals surface area (Å²) in [6.45, 7) is 9.30. The predicted octanol–water partition coefficient (Wildman–Crippen LogP) is 2.76. The minimum atomic E-state index is 0. The van der Waals surface area contributed by atoms with E-state index < -0.39 is 0 Å². The average Bonchev–Trinajstić information content (AvgIpc) is 2.86. The van der Waals surface area contributed by atoms with Crippen LogP contribution in [0.2, 0.25) is 0 Å². The molecule has 2 rings (SSSR count). The molecule has 0 spiro atoms. The molecule has 0 unspecified atom stereocenters. The van der Waals surface area contributed by atoms with Crippen molar-refractivity contribution in [1.82, 2.24) is 15.4 Å². The van der Waals surface area contributed by atoms with E-state index in [2.05, 4.69) is 41.1 Å². The van der Waals surface area contributed by atoms with E-state index in [0.29, 0.717) is 6.54 Å². The molecule has 2 heterocycles. The zero-order valence-corrected chi connectivity index (χ0v) is 16.3. The van der Waals surface area contributed by atoms with Gasteiger partial charge in [0.2, 0.25) is 0 Å². The van der Waals surface area contributed by atoms with Crippen molar-refractivity contribution in [3.8, 4) is 0 Å². The number of aliphatic imine (C=N–C) groups is 1. The van der Waals surface area contributed by atoms with Gasteiger partial charge in [-0.05, 0) is 20.3 Å². The number of nitrogens with zero attached hydrogens (tertiary/aromatic N) is 3. The summed E-state index contributed by atoms with van der Waals surface area (Å²) in [5.41, 5.74) is 0.993. The summed E-state index contributed by atoms with van der Waals surface area (Å²) in [5, 5.41) is 7.37. The normalized spacial score (nSPS) is 18.3. The van der Waals surface area contributed by atoms with Gasteiger partial charge in [0, 0.05) is 36.7 Å². The molecule has 1 aliphatic heterocycles. The quantitative estimate of drug-likeness (QED) is 0.460. The first-order valence-corrected chi connectivity index (χ1v) is 8.06. The lowest BCUT2D eigenvalue weighted by Gasteiger charge is -2.39. The number of rotatable bonds is 3. The highest BCUT2D eigenvalue weighted by molar-refractivity contribution is 14.0. The summed E-state index contributed by atoms with van der Waals surface area (Å²) in [6.07, 6.45) is 0.899. The lowest BCUT2D eigenvalue weighted by Crippen LogP contribution is -2.50. The third-order valence-electron chi connectivity index (χ3n) is 3.33. The largest absolute Gasteiger partial charge is 0.359 e. The van der Waals surface area contributed by atoms with E-state index in [1.54, 1.807) is 0 Å². The van der Waals surface area contributed by atoms with Crippen molar-refractivity contribution < 1.29 is 4.52 Å². The van der Waals surface area contributed by atoms with Crippen LogP contribution in [0.15, 0.2) is 15.6 Å². The van der Waals surface area contributed by atoms with E-state index in [-0.39, 0.29) is 28.7 Å². The van der Waals surface area contributed by atoms with Gasteiger partial charge < -0.3 is 14.7 Å². The fourth-order valence-electron chi connectivity index (χ4n) is 2.30. The van der Waals surface area contributed by atoms with Crippen LogP contribution in [-0.4, -0.2) is 46.7 Å². The number of hydrogen-bond donors (Lipinski definition) is 1. The van der Waals surface area contributed by atoms with E-state index >= 15 is 0 Å². The van der Waals surface area contributed by atoms with Gasteiger partial charge in [0.25, 0.3) is 0 Å². The van der Waals surface area contributed by atoms with Gasteiger partial charge in [-0.3, -0.25) is 4.99 Å². The first kappa shape index (κ1) is 18.6. The summed E-state index contributed by atoms with van der Waals surface area (Å²) in [7, 11) is 1.83. The van der Waals surface area contributed by atoms with Crippen molar-refractivity contribution in [3.63, 3.8) is 0 Å². The van der Waals surface area contributed by atoms with Gasteiger partial charge in [0.1, 0.15) is 0 Å². The van der Waals surface area contributed by atoms with E-state index in [4.69, 9.17) is 4.52 Å². The van der Waals surface area contributed by atoms with Crippen LogP contribution in [0, 0.1) is 0 Å². The van der Waals surface area contributed by atoms with Crippen LogP contribution >= 0.6 is 35.7 Å². The smallest absolute Gasteiger partial charge is 0.194 e. The van der Waals surface area contributed by atoms with Crippen molar-refractivity contribution in [1.29, 1.82) is 0 Å². The number of halogens is 1. The molecular weight excluding hydrogens is 399 g/mol. The lowest BCUT2D eigenvalue weighted by atomic mass is 10.2. The highest BCUT2D eigenvalue weighted by Gasteiger charge is 2.28. The third kappa shape index (κ3) is 5.36. The summed E-state index contributed by atoms with van der Waals surface area (Å²) in [5.74, 6) is 2.93. The Labute approximate surface area is 148 Å². The third-order valence-corrected chi connectivity index (χ3v) is 4.62. The van der Waals surface area contributed by atoms with Crippen LogP contribution in [0.4, 0.5) is 0 Å². The Balaban J connectivity index is 0.00000220. The Bertz CT molecular complexity index is 475. The number of guanidine groups is 1. The number of hydrogen-bond acceptors (Lipinski definition) is 4. The Morgan fingerprint density at radius 1 is 1.57 bits per heavy atom. The minimum absolute atomic E-state index is 0. The predicted molar refractivity (Wildman–Crippen MR) is 99.6 cm³/mol. The standard InChI is InChI=1S/C14H24N4OS.HI/c1-5-11-8-12(19-17-11)9-16-13(15-4)18-6-7-20-14(2,3)10-18;/h8H,5-7,9-10H2,1-4H3,(H,15,16);1H. The van der Waals surface area contributed by atoms with E-state index in [9.17, 15) is 0 Å². The molecule has 1 N–H and O–H groups in total. The average molecular weight is 424 g/mol. The Morgan fingerprint density at radius 3 is 2.90 bits per heavy atom. The van der Waals surface area contributed by atoms with Crippen LogP contribution in [0.25, 0.3) is 0 Å². The molecule has 0 atom stereocenters. The summed E-state index contributed by atoms with van der Waals surface area (Å²) in [4.78, 5) is 6.69. The maximum absolute atomic E-state index is 5.29. The monoisotopic (exact) mass is 424 g/mol. The number of nitrogens with one attached hydrogen (secondary N) is 1. The van der Waals surface area contributed by atoms with E-state index in [1.165, 1.54) is 0 Å². The Kier molecular flexibility index (Phi) is 7.32. The molecule has 7 heteroatoms. The fourth-order valence-corrected chi connectivity index (χ4v) is 3.41. The lowest BCUT2D eigenvalue weighted by molar-refractivity contribution is 0.358. The number of aryl methyl sites for hydroxylation is 1. The number of aromatic nitrogens is 1. The topological polar surface area (TPSA) is 53.7 Å². The molecule has 1 aromatic heterocycles. The van der Waals surface area contributed by atoms with Gasteiger partial charge in [-0.1, -0.05) is 12.1 Å². The van der Waals surface area contributed by atoms with Gasteiger partial charge in [-0.25, -0.2) is 0 Å². The molecule has 0 bridgehead atoms. The molecule has 0 aliphatic carbocycles. The summed E-state index contributed by atoms with van der Waals surface area (Å²) in [6, 6.07) is 2.00. The highest BCUT2D eigenvalue weighted by atomic mass is 127. The summed E-state index contributed by atoms with van der Waals surface area (Å²) < 4.78 is 5.56. The van der Waals surface area contributed by atoms with Gasteiger partial charge >= 0.3 is 0 Å². The van der Waals surface area contributed by atoms with Crippen molar-refractivity contribution in [2.75, 3.05) is 25.9 Å². The van der Waals surface area contributed by atoms with Gasteiger partial charge in [0.15, 0.2) is 11.7 Å². The Hall–Kier alpha value is -0.440. The SMILES string of the molecule is CCc1cc(CNC(=NC)N2CCSC(C)(C)C2)on1.I. The van der Waals surface area contributed by atoms with Crippen LogP contribution in [0.5, 0.6) is 0 Å². The minimum Gasteiger partial charge on any atom is -0.359 e. The van der Waals surface area contributed by atoms with Crippen molar-refractivity contribution in [2.24, 2.45) is 4.99 Å². The maximum atomic E-state index is 5.29. The molecule has 0 radical (unpaired) electrons. The first-order valence-electron chi connectivity index (χ1n) is 7.08. The zero-order valence-electron chi connectivity index (χ0n) is 13.2. The molecular formula is C14H25IN4OS. The van der Waals surface area contributed by atoms with Crippen LogP contribution in [-0.2, 0) is 13.0 Å². The Morgan fingerprint density at radius 2 is 2.33 bits per heavy atom. The first-order chi connectivity index (χ1) is 9.54. The van der Waals surface area contributed by atoms with Gasteiger partial charge in [0.05, 0.1) is 12.2 Å². The van der Waals surface area contributed by atoms with Crippen molar-refractivity contribution >= 4 is 41.7 Å². The summed E-state index contributed by atoms with van der Waals surface area (Å²) >= 11 is 2.02. The van der Waals surface area contributed by atoms with E-state index in [1.807, 2.05) is 24.9 Å². The van der Waals surface area contributed by atoms with Crippen molar-refractivity contribution in [2.45, 2.75) is 38.5 Å². The molecule has 0 amide bonds. The number of thioether (sulfide) groups is 1. The molecule has 5 nitrogen and oxygen atoms in total. The second kappa shape index (κ2) is 8.26. The second-order valence-corrected chi connectivity index (χ2v) is 7.37.